The van der Waals surface area contributed by atoms with E-state index in [0.717, 1.165) is 28.8 Å². The van der Waals surface area contributed by atoms with Gasteiger partial charge in [0.25, 0.3) is 0 Å². The molecule has 5 nitrogen and oxygen atoms in total. The van der Waals surface area contributed by atoms with Crippen LogP contribution in [0.3, 0.4) is 0 Å². The number of ether oxygens (including phenoxy) is 2. The molecular formula is C22H27NO4. The molecule has 2 heterocycles. The summed E-state index contributed by atoms with van der Waals surface area (Å²) in [6, 6.07) is 7.15. The Morgan fingerprint density at radius 3 is 2.41 bits per heavy atom. The molecule has 1 aromatic carbocycles. The van der Waals surface area contributed by atoms with Gasteiger partial charge in [0.05, 0.1) is 11.3 Å². The molecule has 1 aliphatic carbocycles. The van der Waals surface area contributed by atoms with E-state index >= 15 is 0 Å². The summed E-state index contributed by atoms with van der Waals surface area (Å²) in [7, 11) is 1.50. The largest absolute Gasteiger partial charge is 0.508 e. The predicted molar refractivity (Wildman–Crippen MR) is 104 cm³/mol. The Balaban J connectivity index is 1.90. The van der Waals surface area contributed by atoms with Crippen LogP contribution in [0.5, 0.6) is 5.75 Å². The van der Waals surface area contributed by atoms with Gasteiger partial charge in [-0.3, -0.25) is 4.99 Å². The molecule has 27 heavy (non-hydrogen) atoms. The minimum Gasteiger partial charge on any atom is -0.508 e. The highest BCUT2D eigenvalue weighted by Gasteiger charge is 2.52. The van der Waals surface area contributed by atoms with Crippen molar-refractivity contribution in [3.63, 3.8) is 0 Å². The van der Waals surface area contributed by atoms with Gasteiger partial charge in [-0.1, -0.05) is 5.57 Å². The van der Waals surface area contributed by atoms with Crippen LogP contribution in [0.15, 0.2) is 52.2 Å². The maximum absolute atomic E-state index is 11.1. The summed E-state index contributed by atoms with van der Waals surface area (Å²) in [5.74, 6) is -0.861. The standard InChI is InChI=1S/C22H27NO4/c1-20(2)10-14-11-22(25,26-5)19-16(12-21(3,4)27-19)17(14)18(23-20)13-6-8-15(24)9-7-13/h6-9,11,17,24-25H,10,12H2,1-5H3. The van der Waals surface area contributed by atoms with Gasteiger partial charge in [-0.05, 0) is 75.6 Å². The van der Waals surface area contributed by atoms with Crippen LogP contribution in [0, 0.1) is 5.92 Å². The first kappa shape index (κ1) is 18.3. The topological polar surface area (TPSA) is 71.3 Å². The number of hydrogen-bond acceptors (Lipinski definition) is 5. The average Bonchev–Trinajstić information content (AvgIpc) is 2.90. The first-order valence-corrected chi connectivity index (χ1v) is 9.34. The van der Waals surface area contributed by atoms with Gasteiger partial charge >= 0.3 is 0 Å². The summed E-state index contributed by atoms with van der Waals surface area (Å²) in [6.07, 6.45) is 3.24. The van der Waals surface area contributed by atoms with E-state index in [1.165, 1.54) is 7.11 Å². The predicted octanol–water partition coefficient (Wildman–Crippen LogP) is 3.71. The molecule has 0 bridgehead atoms. The zero-order valence-corrected chi connectivity index (χ0v) is 16.5. The number of benzene rings is 1. The van der Waals surface area contributed by atoms with Crippen molar-refractivity contribution in [1.82, 2.24) is 0 Å². The van der Waals surface area contributed by atoms with Crippen LogP contribution in [-0.2, 0) is 9.47 Å². The summed E-state index contributed by atoms with van der Waals surface area (Å²) in [5.41, 5.74) is 3.34. The smallest absolute Gasteiger partial charge is 0.245 e. The molecule has 0 radical (unpaired) electrons. The second kappa shape index (κ2) is 5.69. The van der Waals surface area contributed by atoms with E-state index in [1.54, 1.807) is 18.2 Å². The lowest BCUT2D eigenvalue weighted by atomic mass is 9.70. The maximum Gasteiger partial charge on any atom is 0.245 e. The zero-order valence-electron chi connectivity index (χ0n) is 16.5. The molecule has 4 rings (SSSR count). The van der Waals surface area contributed by atoms with Gasteiger partial charge < -0.3 is 19.7 Å². The summed E-state index contributed by atoms with van der Waals surface area (Å²) < 4.78 is 11.6. The number of rotatable bonds is 2. The highest BCUT2D eigenvalue weighted by atomic mass is 16.6. The molecule has 0 saturated heterocycles. The maximum atomic E-state index is 11.1. The summed E-state index contributed by atoms with van der Waals surface area (Å²) in [6.45, 7) is 8.22. The van der Waals surface area contributed by atoms with E-state index < -0.39 is 11.4 Å². The Morgan fingerprint density at radius 2 is 1.78 bits per heavy atom. The Labute approximate surface area is 160 Å². The van der Waals surface area contributed by atoms with Crippen LogP contribution in [0.4, 0.5) is 0 Å². The lowest BCUT2D eigenvalue weighted by molar-refractivity contribution is -0.157. The number of aromatic hydroxyl groups is 1. The van der Waals surface area contributed by atoms with E-state index in [0.29, 0.717) is 12.2 Å². The number of aliphatic imine (C=N–C) groups is 1. The van der Waals surface area contributed by atoms with Crippen LogP contribution < -0.4 is 0 Å². The number of nitrogens with zero attached hydrogens (tertiary/aromatic N) is 1. The Kier molecular flexibility index (Phi) is 3.85. The zero-order chi connectivity index (χ0) is 19.6. The van der Waals surface area contributed by atoms with Crippen LogP contribution in [0.25, 0.3) is 0 Å². The molecule has 3 aliphatic rings. The fourth-order valence-electron chi connectivity index (χ4n) is 4.52. The van der Waals surface area contributed by atoms with Gasteiger partial charge in [-0.25, -0.2) is 0 Å². The van der Waals surface area contributed by atoms with Gasteiger partial charge in [-0.2, -0.15) is 0 Å². The Morgan fingerprint density at radius 1 is 1.11 bits per heavy atom. The molecule has 1 aromatic rings. The highest BCUT2D eigenvalue weighted by molar-refractivity contribution is 6.07. The lowest BCUT2D eigenvalue weighted by Gasteiger charge is -2.41. The quantitative estimate of drug-likeness (QED) is 0.616. The third-order valence-corrected chi connectivity index (χ3v) is 5.52. The molecule has 144 valence electrons. The van der Waals surface area contributed by atoms with Crippen molar-refractivity contribution in [3.05, 3.63) is 52.8 Å². The van der Waals surface area contributed by atoms with Gasteiger partial charge in [0.1, 0.15) is 11.4 Å². The van der Waals surface area contributed by atoms with Crippen molar-refractivity contribution in [2.75, 3.05) is 7.11 Å². The van der Waals surface area contributed by atoms with Crippen LogP contribution in [-0.4, -0.2) is 40.0 Å². The number of phenolic OH excluding ortho intramolecular Hbond substituents is 1. The summed E-state index contributed by atoms with van der Waals surface area (Å²) >= 11 is 0. The second-order valence-corrected chi connectivity index (χ2v) is 8.98. The first-order chi connectivity index (χ1) is 12.5. The molecule has 0 aromatic heterocycles. The van der Waals surface area contributed by atoms with E-state index in [1.807, 2.05) is 26.0 Å². The Bertz CT molecular complexity index is 876. The van der Waals surface area contributed by atoms with Crippen molar-refractivity contribution in [1.29, 1.82) is 0 Å². The van der Waals surface area contributed by atoms with E-state index in [4.69, 9.17) is 14.5 Å². The van der Waals surface area contributed by atoms with Crippen molar-refractivity contribution in [2.24, 2.45) is 10.9 Å². The Hall–Kier alpha value is -2.11. The molecule has 0 spiro atoms. The fourth-order valence-corrected chi connectivity index (χ4v) is 4.52. The minimum atomic E-state index is -1.54. The lowest BCUT2D eigenvalue weighted by Crippen LogP contribution is -2.42. The van der Waals surface area contributed by atoms with Crippen molar-refractivity contribution >= 4 is 5.71 Å². The fraction of sp³-hybridized carbons (Fsp3) is 0.500. The molecular weight excluding hydrogens is 342 g/mol. The third kappa shape index (κ3) is 2.99. The molecule has 2 aliphatic heterocycles. The van der Waals surface area contributed by atoms with Crippen LogP contribution in [0.2, 0.25) is 0 Å². The first-order valence-electron chi connectivity index (χ1n) is 9.34. The van der Waals surface area contributed by atoms with Crippen LogP contribution in [0.1, 0.15) is 46.1 Å². The van der Waals surface area contributed by atoms with Gasteiger partial charge in [0.15, 0.2) is 5.76 Å². The molecule has 5 heteroatoms. The van der Waals surface area contributed by atoms with E-state index in [-0.39, 0.29) is 17.2 Å². The minimum absolute atomic E-state index is 0.0465. The van der Waals surface area contributed by atoms with Crippen molar-refractivity contribution in [2.45, 2.75) is 57.5 Å². The van der Waals surface area contributed by atoms with E-state index in [2.05, 4.69) is 13.8 Å². The van der Waals surface area contributed by atoms with Crippen molar-refractivity contribution in [3.8, 4) is 5.75 Å². The van der Waals surface area contributed by atoms with Gasteiger partial charge in [0, 0.05) is 19.4 Å². The van der Waals surface area contributed by atoms with Gasteiger partial charge in [-0.15, -0.1) is 0 Å². The second-order valence-electron chi connectivity index (χ2n) is 8.98. The average molecular weight is 369 g/mol. The number of aliphatic hydroxyl groups is 1. The molecule has 0 saturated carbocycles. The normalized spacial score (nSPS) is 30.8. The summed E-state index contributed by atoms with van der Waals surface area (Å²) in [5, 5.41) is 20.8. The highest BCUT2D eigenvalue weighted by Crippen LogP contribution is 2.52. The summed E-state index contributed by atoms with van der Waals surface area (Å²) in [4.78, 5) is 5.06. The molecule has 0 fully saturated rings. The molecule has 2 N–H and O–H groups in total. The molecule has 2 atom stereocenters. The molecule has 2 unspecified atom stereocenters. The third-order valence-electron chi connectivity index (χ3n) is 5.52. The molecule has 0 amide bonds. The number of fused-ring (bicyclic) bond motifs is 2. The number of phenols is 1. The van der Waals surface area contributed by atoms with Crippen LogP contribution >= 0.6 is 0 Å². The number of hydrogen-bond donors (Lipinski definition) is 2. The van der Waals surface area contributed by atoms with Crippen molar-refractivity contribution < 1.29 is 19.7 Å². The SMILES string of the molecule is COC1(O)C=C2CC(C)(C)N=C(c3ccc(O)cc3)C2C2=C1OC(C)(C)C2. The van der Waals surface area contributed by atoms with E-state index in [9.17, 15) is 10.2 Å². The monoisotopic (exact) mass is 369 g/mol. The number of methoxy groups -OCH3 is 1. The van der Waals surface area contributed by atoms with Gasteiger partial charge in [0.2, 0.25) is 5.79 Å².